The van der Waals surface area contributed by atoms with E-state index in [1.165, 1.54) is 0 Å². The van der Waals surface area contributed by atoms with Crippen LogP contribution in [0.25, 0.3) is 0 Å². The molecule has 0 spiro atoms. The molecule has 3 rings (SSSR count). The van der Waals surface area contributed by atoms with Crippen LogP contribution in [0.4, 0.5) is 0 Å². The fraction of sp³-hybridized carbons (Fsp3) is 0.391. The van der Waals surface area contributed by atoms with Gasteiger partial charge in [-0.3, -0.25) is 4.79 Å². The number of amides is 1. The number of carbonyl (C=O) groups is 2. The van der Waals surface area contributed by atoms with Gasteiger partial charge in [0.05, 0.1) is 11.7 Å². The molecule has 1 saturated heterocycles. The van der Waals surface area contributed by atoms with Gasteiger partial charge in [0.1, 0.15) is 12.4 Å². The molecular weight excluding hydrogens is 370 g/mol. The Morgan fingerprint density at radius 2 is 1.90 bits per heavy atom. The number of rotatable bonds is 9. The molecule has 0 saturated carbocycles. The van der Waals surface area contributed by atoms with Crippen molar-refractivity contribution in [2.45, 2.75) is 38.4 Å². The zero-order valence-electron chi connectivity index (χ0n) is 16.6. The van der Waals surface area contributed by atoms with Crippen LogP contribution < -0.4 is 10.1 Å². The Bertz CT molecular complexity index is 785. The van der Waals surface area contributed by atoms with Crippen molar-refractivity contribution in [1.82, 2.24) is 5.32 Å². The second-order valence-corrected chi connectivity index (χ2v) is 7.04. The summed E-state index contributed by atoms with van der Waals surface area (Å²) in [6.07, 6.45) is 2.07. The average Bonchev–Trinajstić information content (AvgIpc) is 3.27. The van der Waals surface area contributed by atoms with Gasteiger partial charge in [0, 0.05) is 13.2 Å². The summed E-state index contributed by atoms with van der Waals surface area (Å²) in [6.45, 7) is 3.34. The van der Waals surface area contributed by atoms with E-state index in [4.69, 9.17) is 14.2 Å². The standard InChI is InChI=1S/C23H27NO5/c1-17(22(25)24-14-13-18-6-3-2-4-7-18)29-23(26)19-9-11-20(12-10-19)28-16-21-8-5-15-27-21/h2-4,6-7,9-12,17,21H,5,8,13-16H2,1H3,(H,24,25)/t17-,21+/m0/s1. The quantitative estimate of drug-likeness (QED) is 0.658. The van der Waals surface area contributed by atoms with Gasteiger partial charge >= 0.3 is 5.97 Å². The summed E-state index contributed by atoms with van der Waals surface area (Å²) in [6, 6.07) is 16.6. The summed E-state index contributed by atoms with van der Waals surface area (Å²) in [4.78, 5) is 24.4. The lowest BCUT2D eigenvalue weighted by Crippen LogP contribution is -2.36. The van der Waals surface area contributed by atoms with E-state index in [1.807, 2.05) is 30.3 Å². The van der Waals surface area contributed by atoms with Crippen molar-refractivity contribution in [3.63, 3.8) is 0 Å². The topological polar surface area (TPSA) is 73.9 Å². The zero-order valence-corrected chi connectivity index (χ0v) is 16.6. The second-order valence-electron chi connectivity index (χ2n) is 7.04. The zero-order chi connectivity index (χ0) is 20.5. The van der Waals surface area contributed by atoms with Crippen molar-refractivity contribution in [2.24, 2.45) is 0 Å². The maximum atomic E-state index is 12.3. The summed E-state index contributed by atoms with van der Waals surface area (Å²) in [5.74, 6) is -0.184. The number of hydrogen-bond donors (Lipinski definition) is 1. The van der Waals surface area contributed by atoms with Gasteiger partial charge in [-0.05, 0) is 56.0 Å². The second kappa shape index (κ2) is 10.6. The van der Waals surface area contributed by atoms with Crippen LogP contribution in [0.15, 0.2) is 54.6 Å². The Kier molecular flexibility index (Phi) is 7.64. The van der Waals surface area contributed by atoms with Crippen LogP contribution in [0.3, 0.4) is 0 Å². The van der Waals surface area contributed by atoms with Crippen LogP contribution >= 0.6 is 0 Å². The molecule has 6 nitrogen and oxygen atoms in total. The highest BCUT2D eigenvalue weighted by Crippen LogP contribution is 2.17. The minimum Gasteiger partial charge on any atom is -0.491 e. The SMILES string of the molecule is C[C@H](OC(=O)c1ccc(OC[C@H]2CCCO2)cc1)C(=O)NCCc1ccccc1. The molecule has 1 amide bonds. The fourth-order valence-corrected chi connectivity index (χ4v) is 3.05. The minimum atomic E-state index is -0.867. The lowest BCUT2D eigenvalue weighted by Gasteiger charge is -2.14. The largest absolute Gasteiger partial charge is 0.491 e. The molecule has 29 heavy (non-hydrogen) atoms. The van der Waals surface area contributed by atoms with E-state index < -0.39 is 12.1 Å². The van der Waals surface area contributed by atoms with Crippen molar-refractivity contribution in [3.8, 4) is 5.75 Å². The van der Waals surface area contributed by atoms with Gasteiger partial charge in [-0.25, -0.2) is 4.79 Å². The molecule has 2 atom stereocenters. The van der Waals surface area contributed by atoms with Crippen LogP contribution in [-0.4, -0.2) is 43.8 Å². The van der Waals surface area contributed by atoms with E-state index in [2.05, 4.69) is 5.32 Å². The van der Waals surface area contributed by atoms with E-state index in [9.17, 15) is 9.59 Å². The first-order chi connectivity index (χ1) is 14.1. The van der Waals surface area contributed by atoms with Crippen molar-refractivity contribution in [3.05, 3.63) is 65.7 Å². The Balaban J connectivity index is 1.40. The van der Waals surface area contributed by atoms with E-state index in [0.29, 0.717) is 24.5 Å². The highest BCUT2D eigenvalue weighted by molar-refractivity contribution is 5.92. The number of hydrogen-bond acceptors (Lipinski definition) is 5. The van der Waals surface area contributed by atoms with Crippen LogP contribution in [0.1, 0.15) is 35.7 Å². The third-order valence-electron chi connectivity index (χ3n) is 4.76. The summed E-state index contributed by atoms with van der Waals surface area (Å²) in [5.41, 5.74) is 1.51. The van der Waals surface area contributed by atoms with Gasteiger partial charge in [0.2, 0.25) is 0 Å². The number of carbonyl (C=O) groups excluding carboxylic acids is 2. The molecule has 154 valence electrons. The van der Waals surface area contributed by atoms with Crippen LogP contribution in [-0.2, 0) is 20.7 Å². The lowest BCUT2D eigenvalue weighted by atomic mass is 10.1. The van der Waals surface area contributed by atoms with Crippen LogP contribution in [0.5, 0.6) is 5.75 Å². The van der Waals surface area contributed by atoms with Gasteiger partial charge in [-0.2, -0.15) is 0 Å². The van der Waals surface area contributed by atoms with E-state index in [1.54, 1.807) is 31.2 Å². The highest BCUT2D eigenvalue weighted by Gasteiger charge is 2.19. The summed E-state index contributed by atoms with van der Waals surface area (Å²) < 4.78 is 16.5. The molecule has 0 radical (unpaired) electrons. The Morgan fingerprint density at radius 3 is 2.59 bits per heavy atom. The third kappa shape index (κ3) is 6.61. The molecule has 0 unspecified atom stereocenters. The third-order valence-corrected chi connectivity index (χ3v) is 4.76. The molecule has 1 aliphatic rings. The van der Waals surface area contributed by atoms with Gasteiger partial charge < -0.3 is 19.5 Å². The van der Waals surface area contributed by atoms with E-state index in [-0.39, 0.29) is 12.0 Å². The monoisotopic (exact) mass is 397 g/mol. The number of esters is 1. The fourth-order valence-electron chi connectivity index (χ4n) is 3.05. The number of nitrogens with one attached hydrogen (secondary N) is 1. The molecule has 1 N–H and O–H groups in total. The average molecular weight is 397 g/mol. The predicted octanol–water partition coefficient (Wildman–Crippen LogP) is 3.15. The molecule has 0 aliphatic carbocycles. The normalized spacial score (nSPS) is 16.8. The molecule has 1 fully saturated rings. The lowest BCUT2D eigenvalue weighted by molar-refractivity contribution is -0.129. The van der Waals surface area contributed by atoms with Gasteiger partial charge in [-0.15, -0.1) is 0 Å². The van der Waals surface area contributed by atoms with Crippen molar-refractivity contribution in [2.75, 3.05) is 19.8 Å². The summed E-state index contributed by atoms with van der Waals surface area (Å²) in [5, 5.41) is 2.79. The molecule has 2 aromatic rings. The summed E-state index contributed by atoms with van der Waals surface area (Å²) >= 11 is 0. The van der Waals surface area contributed by atoms with E-state index in [0.717, 1.165) is 31.4 Å². The number of ether oxygens (including phenoxy) is 3. The van der Waals surface area contributed by atoms with Gasteiger partial charge in [0.15, 0.2) is 6.10 Å². The van der Waals surface area contributed by atoms with Crippen molar-refractivity contribution < 1.29 is 23.8 Å². The molecule has 0 bridgehead atoms. The van der Waals surface area contributed by atoms with Crippen molar-refractivity contribution >= 4 is 11.9 Å². The minimum absolute atomic E-state index is 0.140. The maximum absolute atomic E-state index is 12.3. The Labute approximate surface area is 171 Å². The van der Waals surface area contributed by atoms with E-state index >= 15 is 0 Å². The van der Waals surface area contributed by atoms with Gasteiger partial charge in [0.25, 0.3) is 5.91 Å². The Hall–Kier alpha value is -2.86. The highest BCUT2D eigenvalue weighted by atomic mass is 16.5. The molecule has 6 heteroatoms. The summed E-state index contributed by atoms with van der Waals surface area (Å²) in [7, 11) is 0. The first-order valence-corrected chi connectivity index (χ1v) is 9.99. The molecule has 0 aromatic heterocycles. The van der Waals surface area contributed by atoms with Crippen LogP contribution in [0.2, 0.25) is 0 Å². The first-order valence-electron chi connectivity index (χ1n) is 9.99. The van der Waals surface area contributed by atoms with Crippen LogP contribution in [0, 0.1) is 0 Å². The molecular formula is C23H27NO5. The predicted molar refractivity (Wildman–Crippen MR) is 109 cm³/mol. The molecule has 2 aromatic carbocycles. The number of benzene rings is 2. The first kappa shape index (κ1) is 20.9. The maximum Gasteiger partial charge on any atom is 0.338 e. The smallest absolute Gasteiger partial charge is 0.338 e. The van der Waals surface area contributed by atoms with Crippen molar-refractivity contribution in [1.29, 1.82) is 0 Å². The Morgan fingerprint density at radius 1 is 1.14 bits per heavy atom. The van der Waals surface area contributed by atoms with Gasteiger partial charge in [-0.1, -0.05) is 30.3 Å². The molecule has 1 heterocycles. The molecule has 1 aliphatic heterocycles.